The first-order valence-electron chi connectivity index (χ1n) is 39.0. The van der Waals surface area contributed by atoms with E-state index in [9.17, 15) is 0 Å². The van der Waals surface area contributed by atoms with Gasteiger partial charge in [0.15, 0.2) is 0 Å². The van der Waals surface area contributed by atoms with Crippen molar-refractivity contribution in [2.24, 2.45) is 0 Å². The molecule has 0 radical (unpaired) electrons. The number of hydrogen-bond acceptors (Lipinski definition) is 2. The summed E-state index contributed by atoms with van der Waals surface area (Å²) >= 11 is 0. The van der Waals surface area contributed by atoms with E-state index in [2.05, 4.69) is 395 Å². The quantitative estimate of drug-likeness (QED) is 0.119. The van der Waals surface area contributed by atoms with Crippen LogP contribution in [-0.4, -0.2) is 19.8 Å². The maximum atomic E-state index is 2.81. The molecule has 4 aliphatic carbocycles. The molecule has 22 rings (SSSR count). The molecule has 0 saturated heterocycles. The average Bonchev–Trinajstić information content (AvgIpc) is 1.53. The Morgan fingerprint density at radius 2 is 0.532 bits per heavy atom. The van der Waals surface area contributed by atoms with Crippen LogP contribution in [0, 0.1) is 0 Å². The van der Waals surface area contributed by atoms with Crippen LogP contribution in [0.5, 0.6) is 0 Å². The lowest BCUT2D eigenvalue weighted by Crippen LogP contribution is -2.63. The summed E-state index contributed by atoms with van der Waals surface area (Å²) in [7, 11) is 0. The van der Waals surface area contributed by atoms with E-state index >= 15 is 0 Å². The third kappa shape index (κ3) is 9.49. The van der Waals surface area contributed by atoms with E-state index in [1.165, 1.54) is 200 Å². The lowest BCUT2D eigenvalue weighted by atomic mass is 9.33. The molecule has 0 aromatic heterocycles. The van der Waals surface area contributed by atoms with Crippen LogP contribution in [0.1, 0.15) is 82.0 Å². The van der Waals surface area contributed by atoms with E-state index in [0.29, 0.717) is 0 Å². The molecule has 0 bridgehead atoms. The smallest absolute Gasteiger partial charge is 0.252 e. The molecule has 3 heteroatoms. The summed E-state index contributed by atoms with van der Waals surface area (Å²) < 4.78 is 0. The van der Waals surface area contributed by atoms with E-state index in [4.69, 9.17) is 0 Å². The largest absolute Gasteiger partial charge is 0.342 e. The minimum Gasteiger partial charge on any atom is -0.342 e. The second kappa shape index (κ2) is 24.4. The van der Waals surface area contributed by atoms with Gasteiger partial charge >= 0.3 is 0 Å². The molecular weight excluding hydrogens is 1310 g/mol. The molecule has 514 valence electrons. The molecule has 0 atom stereocenters. The Bertz CT molecular complexity index is 6200. The van der Waals surface area contributed by atoms with Gasteiger partial charge in [-0.3, -0.25) is 0 Å². The molecule has 0 amide bonds. The summed E-state index contributed by atoms with van der Waals surface area (Å²) in [5, 5.41) is 0. The Balaban J connectivity index is 0.838. The van der Waals surface area contributed by atoms with Gasteiger partial charge in [-0.1, -0.05) is 342 Å². The third-order valence-electron chi connectivity index (χ3n) is 25.2. The SMILES string of the molecule is CC(C)(C)c1cc2c3c(c1)N(CCc1cc(-c4ccccc4)cc(-c4ccccc4)c1)c1cc4c(cc1B3c1cc3c(cc1N2CCc1cc(-c2ccccc2)cc(-c2ccccc2)c1)-c1ccccc1C31c2ccccc2-c2ccccc21)C1(c2ccccc2-c2ccccc21)c1ccc(-c2ccccc2)cc1-4. The molecule has 0 fully saturated rings. The number of nitrogens with zero attached hydrogens (tertiary/aromatic N) is 2. The zero-order valence-corrected chi connectivity index (χ0v) is 61.4. The molecule has 2 spiro atoms. The van der Waals surface area contributed by atoms with Gasteiger partial charge in [-0.2, -0.15) is 0 Å². The second-order valence-corrected chi connectivity index (χ2v) is 32.0. The van der Waals surface area contributed by atoms with Crippen LogP contribution >= 0.6 is 0 Å². The third-order valence-corrected chi connectivity index (χ3v) is 25.2. The normalized spacial score (nSPS) is 14.1. The summed E-state index contributed by atoms with van der Waals surface area (Å²) in [5.41, 5.74) is 45.2. The maximum Gasteiger partial charge on any atom is 0.252 e. The van der Waals surface area contributed by atoms with Crippen molar-refractivity contribution >= 4 is 45.9 Å². The van der Waals surface area contributed by atoms with Crippen molar-refractivity contribution in [3.8, 4) is 100 Å². The van der Waals surface area contributed by atoms with Gasteiger partial charge in [0.2, 0.25) is 0 Å². The van der Waals surface area contributed by atoms with E-state index in [1.807, 2.05) is 0 Å². The average molecular weight is 1390 g/mol. The summed E-state index contributed by atoms with van der Waals surface area (Å²) in [5.74, 6) is 0. The lowest BCUT2D eigenvalue weighted by Gasteiger charge is -2.46. The Morgan fingerprint density at radius 1 is 0.239 bits per heavy atom. The fourth-order valence-electron chi connectivity index (χ4n) is 20.4. The molecule has 109 heavy (non-hydrogen) atoms. The highest BCUT2D eigenvalue weighted by Crippen LogP contribution is 2.66. The summed E-state index contributed by atoms with van der Waals surface area (Å²) in [6.07, 6.45) is 1.60. The Hall–Kier alpha value is -12.8. The molecule has 16 aromatic rings. The summed E-state index contributed by atoms with van der Waals surface area (Å²) in [4.78, 5) is 5.62. The van der Waals surface area contributed by atoms with Crippen molar-refractivity contribution in [2.45, 2.75) is 49.9 Å². The standard InChI is InChI=1S/C106H77BN2/c1-104(2,3)80-62-101-103-102(63-80)109(54-52-69-57-78(73-35-15-7-16-36-73)60-79(58-69)74-37-17-8-18-38-74)100-65-88-86-61-75(70-29-9-4-10-30-70)49-50-94(86)106(91-46-26-21-41-83(91)84-42-22-27-47-92(84)106)96(88)67-98(100)107(103)97-66-95-87(85-43-23-28-48-93(85)105(95)89-44-24-19-39-81(89)82-40-20-25-45-90(82)105)64-99(97)108(101)53-51-68-55-76(71-31-11-5-12-32-71)59-77(56-68)72-33-13-6-14-34-72/h4-50,55-67H,51-54H2,1-3H3. The van der Waals surface area contributed by atoms with E-state index in [-0.39, 0.29) is 12.1 Å². The lowest BCUT2D eigenvalue weighted by molar-refractivity contribution is 0.590. The van der Waals surface area contributed by atoms with Crippen molar-refractivity contribution < 1.29 is 0 Å². The highest BCUT2D eigenvalue weighted by molar-refractivity contribution is 7.00. The number of anilines is 4. The molecule has 2 nitrogen and oxygen atoms in total. The number of rotatable bonds is 11. The fourth-order valence-corrected chi connectivity index (χ4v) is 20.4. The molecule has 2 aliphatic heterocycles. The van der Waals surface area contributed by atoms with E-state index in [0.717, 1.165) is 25.9 Å². The first kappa shape index (κ1) is 63.5. The predicted octanol–water partition coefficient (Wildman–Crippen LogP) is 23.9. The minimum atomic E-state index is -0.616. The monoisotopic (exact) mass is 1390 g/mol. The van der Waals surface area contributed by atoms with Crippen molar-refractivity contribution in [1.82, 2.24) is 0 Å². The molecule has 0 unspecified atom stereocenters. The zero-order valence-electron chi connectivity index (χ0n) is 61.4. The predicted molar refractivity (Wildman–Crippen MR) is 457 cm³/mol. The molecular formula is C106H77BN2. The van der Waals surface area contributed by atoms with Crippen LogP contribution in [0.25, 0.3) is 100 Å². The number of fused-ring (bicyclic) bond motifs is 24. The van der Waals surface area contributed by atoms with Crippen LogP contribution in [0.4, 0.5) is 22.7 Å². The summed E-state index contributed by atoms with van der Waals surface area (Å²) in [6.45, 7) is 8.55. The van der Waals surface area contributed by atoms with Crippen LogP contribution in [-0.2, 0) is 29.1 Å². The van der Waals surface area contributed by atoms with Gasteiger partial charge in [0, 0.05) is 35.8 Å². The van der Waals surface area contributed by atoms with Gasteiger partial charge in [-0.05, 0) is 238 Å². The van der Waals surface area contributed by atoms with Crippen molar-refractivity contribution in [2.75, 3.05) is 22.9 Å². The van der Waals surface area contributed by atoms with Gasteiger partial charge in [0.1, 0.15) is 0 Å². The zero-order chi connectivity index (χ0) is 72.3. The summed E-state index contributed by atoms with van der Waals surface area (Å²) in [6, 6.07) is 140. The molecule has 0 saturated carbocycles. The minimum absolute atomic E-state index is 0.190. The molecule has 16 aromatic carbocycles. The van der Waals surface area contributed by atoms with Gasteiger partial charge in [-0.15, -0.1) is 0 Å². The van der Waals surface area contributed by atoms with Crippen molar-refractivity contribution in [3.63, 3.8) is 0 Å². The van der Waals surface area contributed by atoms with Crippen LogP contribution in [0.2, 0.25) is 0 Å². The topological polar surface area (TPSA) is 6.48 Å². The van der Waals surface area contributed by atoms with Crippen LogP contribution in [0.3, 0.4) is 0 Å². The Labute approximate surface area is 639 Å². The maximum absolute atomic E-state index is 2.81. The van der Waals surface area contributed by atoms with Gasteiger partial charge in [-0.25, -0.2) is 0 Å². The highest BCUT2D eigenvalue weighted by Gasteiger charge is 2.56. The van der Waals surface area contributed by atoms with Crippen LogP contribution < -0.4 is 26.2 Å². The number of hydrogen-bond donors (Lipinski definition) is 0. The molecule has 2 heterocycles. The fraction of sp³-hybridized carbons (Fsp3) is 0.0943. The van der Waals surface area contributed by atoms with Gasteiger partial charge in [0.05, 0.1) is 10.8 Å². The van der Waals surface area contributed by atoms with Gasteiger partial charge in [0.25, 0.3) is 6.71 Å². The Morgan fingerprint density at radius 3 is 0.881 bits per heavy atom. The molecule has 6 aliphatic rings. The first-order chi connectivity index (χ1) is 53.7. The van der Waals surface area contributed by atoms with E-state index < -0.39 is 10.8 Å². The van der Waals surface area contributed by atoms with Gasteiger partial charge < -0.3 is 9.80 Å². The van der Waals surface area contributed by atoms with E-state index in [1.54, 1.807) is 0 Å². The number of benzene rings is 16. The van der Waals surface area contributed by atoms with Crippen molar-refractivity contribution in [1.29, 1.82) is 0 Å². The molecule has 0 N–H and O–H groups in total. The Kier molecular flexibility index (Phi) is 14.2. The first-order valence-corrected chi connectivity index (χ1v) is 39.0. The van der Waals surface area contributed by atoms with Crippen molar-refractivity contribution in [3.05, 3.63) is 425 Å². The van der Waals surface area contributed by atoms with Crippen LogP contribution in [0.15, 0.2) is 364 Å². The highest BCUT2D eigenvalue weighted by atomic mass is 15.2. The second-order valence-electron chi connectivity index (χ2n) is 32.0.